The standard InChI is InChI=1S/C20H23NO2/c1-20-11-10-18(22)13-16(20)7-6-15(19(20)23)12-14-4-8-17(9-5-14)21(2)3/h4-5,8-9,12-13H,6-7,10-11H2,1-3H3/b15-12-. The van der Waals surface area contributed by atoms with Crippen LogP contribution in [0, 0.1) is 5.41 Å². The smallest absolute Gasteiger partial charge is 0.168 e. The first-order chi connectivity index (χ1) is 10.9. The number of hydrogen-bond acceptors (Lipinski definition) is 3. The lowest BCUT2D eigenvalue weighted by atomic mass is 9.63. The van der Waals surface area contributed by atoms with E-state index in [1.165, 1.54) is 0 Å². The molecule has 3 heteroatoms. The number of anilines is 1. The lowest BCUT2D eigenvalue weighted by Gasteiger charge is -2.38. The first-order valence-electron chi connectivity index (χ1n) is 8.17. The number of carbonyl (C=O) groups is 2. The molecule has 1 unspecified atom stereocenters. The topological polar surface area (TPSA) is 37.4 Å². The van der Waals surface area contributed by atoms with E-state index >= 15 is 0 Å². The zero-order valence-corrected chi connectivity index (χ0v) is 14.1. The van der Waals surface area contributed by atoms with E-state index in [9.17, 15) is 9.59 Å². The Morgan fingerprint density at radius 1 is 1.04 bits per heavy atom. The predicted molar refractivity (Wildman–Crippen MR) is 93.4 cm³/mol. The number of ketones is 2. The van der Waals surface area contributed by atoms with E-state index in [0.29, 0.717) is 12.8 Å². The monoisotopic (exact) mass is 309 g/mol. The SMILES string of the molecule is CN(C)c1ccc(/C=C2/CCC3=CC(=O)CCC3(C)C2=O)cc1. The molecule has 0 saturated heterocycles. The van der Waals surface area contributed by atoms with E-state index in [-0.39, 0.29) is 11.6 Å². The highest BCUT2D eigenvalue weighted by atomic mass is 16.1. The highest BCUT2D eigenvalue weighted by Crippen LogP contribution is 2.46. The maximum absolute atomic E-state index is 12.9. The minimum Gasteiger partial charge on any atom is -0.378 e. The molecule has 3 nitrogen and oxygen atoms in total. The quantitative estimate of drug-likeness (QED) is 0.780. The minimum absolute atomic E-state index is 0.164. The van der Waals surface area contributed by atoms with Gasteiger partial charge >= 0.3 is 0 Å². The van der Waals surface area contributed by atoms with Gasteiger partial charge in [0, 0.05) is 26.2 Å². The fraction of sp³-hybridized carbons (Fsp3) is 0.400. The molecule has 1 aromatic carbocycles. The van der Waals surface area contributed by atoms with Crippen molar-refractivity contribution in [3.8, 4) is 0 Å². The van der Waals surface area contributed by atoms with Crippen LogP contribution in [0.1, 0.15) is 38.2 Å². The summed E-state index contributed by atoms with van der Waals surface area (Å²) in [6.45, 7) is 2.00. The van der Waals surface area contributed by atoms with Crippen LogP contribution in [0.4, 0.5) is 5.69 Å². The Balaban J connectivity index is 1.88. The van der Waals surface area contributed by atoms with Crippen LogP contribution in [0.5, 0.6) is 0 Å². The molecule has 1 saturated carbocycles. The van der Waals surface area contributed by atoms with Crippen LogP contribution in [-0.2, 0) is 9.59 Å². The molecule has 120 valence electrons. The van der Waals surface area contributed by atoms with E-state index in [0.717, 1.165) is 35.2 Å². The van der Waals surface area contributed by atoms with Gasteiger partial charge in [-0.25, -0.2) is 0 Å². The van der Waals surface area contributed by atoms with Crippen molar-refractivity contribution < 1.29 is 9.59 Å². The first-order valence-corrected chi connectivity index (χ1v) is 8.17. The van der Waals surface area contributed by atoms with Gasteiger partial charge in [0.05, 0.1) is 5.41 Å². The molecular weight excluding hydrogens is 286 g/mol. The van der Waals surface area contributed by atoms with Crippen LogP contribution in [-0.4, -0.2) is 25.7 Å². The lowest BCUT2D eigenvalue weighted by molar-refractivity contribution is -0.125. The maximum Gasteiger partial charge on any atom is 0.168 e. The number of rotatable bonds is 2. The van der Waals surface area contributed by atoms with Crippen LogP contribution in [0.15, 0.2) is 41.5 Å². The van der Waals surface area contributed by atoms with Gasteiger partial charge in [-0.05, 0) is 61.6 Å². The zero-order valence-electron chi connectivity index (χ0n) is 14.1. The molecule has 0 amide bonds. The summed E-state index contributed by atoms with van der Waals surface area (Å²) >= 11 is 0. The van der Waals surface area contributed by atoms with E-state index < -0.39 is 5.41 Å². The van der Waals surface area contributed by atoms with Gasteiger partial charge in [-0.3, -0.25) is 9.59 Å². The fourth-order valence-corrected chi connectivity index (χ4v) is 3.51. The Bertz CT molecular complexity index is 710. The first kappa shape index (κ1) is 15.7. The highest BCUT2D eigenvalue weighted by Gasteiger charge is 2.43. The molecule has 1 aromatic rings. The normalized spacial score (nSPS) is 26.0. The van der Waals surface area contributed by atoms with Crippen molar-refractivity contribution in [3.05, 3.63) is 47.1 Å². The second-order valence-electron chi connectivity index (χ2n) is 6.95. The summed E-state index contributed by atoms with van der Waals surface area (Å²) < 4.78 is 0. The number of allylic oxidation sites excluding steroid dienone is 3. The maximum atomic E-state index is 12.9. The lowest BCUT2D eigenvalue weighted by Crippen LogP contribution is -2.38. The molecule has 1 atom stereocenters. The molecule has 0 N–H and O–H groups in total. The van der Waals surface area contributed by atoms with Gasteiger partial charge in [0.15, 0.2) is 11.6 Å². The van der Waals surface area contributed by atoms with Crippen LogP contribution in [0.2, 0.25) is 0 Å². The van der Waals surface area contributed by atoms with Crippen molar-refractivity contribution in [3.63, 3.8) is 0 Å². The van der Waals surface area contributed by atoms with Crippen molar-refractivity contribution in [2.45, 2.75) is 32.6 Å². The summed E-state index contributed by atoms with van der Waals surface area (Å²) in [6.07, 6.45) is 6.40. The van der Waals surface area contributed by atoms with E-state index in [1.54, 1.807) is 6.08 Å². The molecule has 1 fully saturated rings. The Hall–Kier alpha value is -2.16. The summed E-state index contributed by atoms with van der Waals surface area (Å²) in [5, 5.41) is 0. The minimum atomic E-state index is -0.471. The number of fused-ring (bicyclic) bond motifs is 1. The molecule has 23 heavy (non-hydrogen) atoms. The third-order valence-corrected chi connectivity index (χ3v) is 5.12. The third kappa shape index (κ3) is 2.88. The predicted octanol–water partition coefficient (Wildman–Crippen LogP) is 3.79. The average molecular weight is 309 g/mol. The Morgan fingerprint density at radius 3 is 2.39 bits per heavy atom. The van der Waals surface area contributed by atoms with Gasteiger partial charge in [0.1, 0.15) is 0 Å². The van der Waals surface area contributed by atoms with Gasteiger partial charge in [0.25, 0.3) is 0 Å². The van der Waals surface area contributed by atoms with Gasteiger partial charge < -0.3 is 4.90 Å². The van der Waals surface area contributed by atoms with Gasteiger partial charge in [0.2, 0.25) is 0 Å². The number of hydrogen-bond donors (Lipinski definition) is 0. The molecule has 0 heterocycles. The summed E-state index contributed by atoms with van der Waals surface area (Å²) in [4.78, 5) is 26.6. The Labute approximate surface area is 137 Å². The van der Waals surface area contributed by atoms with E-state index in [4.69, 9.17) is 0 Å². The number of nitrogens with zero attached hydrogens (tertiary/aromatic N) is 1. The molecule has 0 spiro atoms. The average Bonchev–Trinajstić information content (AvgIpc) is 2.53. The Kier molecular flexibility index (Phi) is 3.97. The summed E-state index contributed by atoms with van der Waals surface area (Å²) in [6, 6.07) is 8.22. The molecular formula is C20H23NO2. The third-order valence-electron chi connectivity index (χ3n) is 5.12. The summed E-state index contributed by atoms with van der Waals surface area (Å²) in [5.74, 6) is 0.358. The van der Waals surface area contributed by atoms with Crippen LogP contribution >= 0.6 is 0 Å². The summed E-state index contributed by atoms with van der Waals surface area (Å²) in [7, 11) is 4.02. The fourth-order valence-electron chi connectivity index (χ4n) is 3.51. The van der Waals surface area contributed by atoms with E-state index in [1.807, 2.05) is 39.2 Å². The summed E-state index contributed by atoms with van der Waals surface area (Å²) in [5.41, 5.74) is 3.64. The second kappa shape index (κ2) is 5.80. The Morgan fingerprint density at radius 2 is 1.74 bits per heavy atom. The van der Waals surface area contributed by atoms with Crippen molar-refractivity contribution in [2.75, 3.05) is 19.0 Å². The molecule has 0 radical (unpaired) electrons. The van der Waals surface area contributed by atoms with E-state index in [2.05, 4.69) is 17.0 Å². The molecule has 0 aliphatic heterocycles. The molecule has 2 aliphatic rings. The van der Waals surface area contributed by atoms with Crippen molar-refractivity contribution in [1.82, 2.24) is 0 Å². The van der Waals surface area contributed by atoms with Crippen LogP contribution in [0.25, 0.3) is 6.08 Å². The molecule has 3 rings (SSSR count). The second-order valence-corrected chi connectivity index (χ2v) is 6.95. The molecule has 0 bridgehead atoms. The van der Waals surface area contributed by atoms with Crippen molar-refractivity contribution >= 4 is 23.3 Å². The zero-order chi connectivity index (χ0) is 16.6. The number of carbonyl (C=O) groups excluding carboxylic acids is 2. The number of Topliss-reactive ketones (excluding diaryl/α,β-unsaturated/α-hetero) is 1. The van der Waals surface area contributed by atoms with Crippen molar-refractivity contribution in [1.29, 1.82) is 0 Å². The molecule has 2 aliphatic carbocycles. The van der Waals surface area contributed by atoms with Gasteiger partial charge in [-0.2, -0.15) is 0 Å². The van der Waals surface area contributed by atoms with Crippen LogP contribution < -0.4 is 4.90 Å². The van der Waals surface area contributed by atoms with Crippen molar-refractivity contribution in [2.24, 2.45) is 5.41 Å². The number of benzene rings is 1. The largest absolute Gasteiger partial charge is 0.378 e. The van der Waals surface area contributed by atoms with Gasteiger partial charge in [-0.1, -0.05) is 17.7 Å². The van der Waals surface area contributed by atoms with Crippen LogP contribution in [0.3, 0.4) is 0 Å². The molecule has 0 aromatic heterocycles. The van der Waals surface area contributed by atoms with Gasteiger partial charge in [-0.15, -0.1) is 0 Å². The highest BCUT2D eigenvalue weighted by molar-refractivity contribution is 6.08.